The Morgan fingerprint density at radius 1 is 1.08 bits per heavy atom. The Morgan fingerprint density at radius 2 is 1.72 bits per heavy atom. The molecule has 2 aromatic rings. The third-order valence-electron chi connectivity index (χ3n) is 3.59. The van der Waals surface area contributed by atoms with Gasteiger partial charge in [-0.05, 0) is 31.2 Å². The van der Waals surface area contributed by atoms with E-state index in [1.165, 1.54) is 11.4 Å². The fraction of sp³-hybridized carbons (Fsp3) is 0.278. The van der Waals surface area contributed by atoms with Gasteiger partial charge in [-0.25, -0.2) is 8.42 Å². The molecule has 0 radical (unpaired) electrons. The quantitative estimate of drug-likeness (QED) is 0.783. The van der Waals surface area contributed by atoms with Crippen molar-refractivity contribution in [1.82, 2.24) is 0 Å². The van der Waals surface area contributed by atoms with Crippen LogP contribution < -0.4 is 14.4 Å². The van der Waals surface area contributed by atoms with E-state index in [2.05, 4.69) is 5.32 Å². The average Bonchev–Trinajstić information content (AvgIpc) is 2.62. The van der Waals surface area contributed by atoms with E-state index in [4.69, 9.17) is 4.74 Å². The zero-order chi connectivity index (χ0) is 18.3. The fourth-order valence-corrected chi connectivity index (χ4v) is 3.38. The average molecular weight is 362 g/mol. The molecule has 2 rings (SSSR count). The maximum Gasteiger partial charge on any atom is 0.235 e. The van der Waals surface area contributed by atoms with Crippen LogP contribution in [0.3, 0.4) is 0 Å². The van der Waals surface area contributed by atoms with E-state index in [0.717, 1.165) is 0 Å². The number of hydrogen-bond acceptors (Lipinski definition) is 4. The topological polar surface area (TPSA) is 75.7 Å². The van der Waals surface area contributed by atoms with Crippen molar-refractivity contribution in [1.29, 1.82) is 0 Å². The van der Waals surface area contributed by atoms with E-state index in [-0.39, 0.29) is 18.1 Å². The van der Waals surface area contributed by atoms with E-state index in [1.54, 1.807) is 48.5 Å². The zero-order valence-electron chi connectivity index (χ0n) is 14.3. The van der Waals surface area contributed by atoms with Crippen molar-refractivity contribution in [3.05, 3.63) is 54.6 Å². The highest BCUT2D eigenvalue weighted by Gasteiger charge is 2.20. The molecule has 0 saturated carbocycles. The van der Waals surface area contributed by atoms with Crippen molar-refractivity contribution in [2.24, 2.45) is 0 Å². The summed E-state index contributed by atoms with van der Waals surface area (Å²) < 4.78 is 31.4. The number of rotatable bonds is 8. The molecular weight excluding hydrogens is 340 g/mol. The summed E-state index contributed by atoms with van der Waals surface area (Å²) in [5.74, 6) is -0.0964. The van der Waals surface area contributed by atoms with Crippen molar-refractivity contribution in [3.8, 4) is 5.75 Å². The third-order valence-corrected chi connectivity index (χ3v) is 5.35. The third kappa shape index (κ3) is 5.22. The van der Waals surface area contributed by atoms with Crippen LogP contribution in [-0.4, -0.2) is 33.7 Å². The highest BCUT2D eigenvalue weighted by Crippen LogP contribution is 2.24. The first kappa shape index (κ1) is 18.8. The van der Waals surface area contributed by atoms with Gasteiger partial charge in [0.1, 0.15) is 5.75 Å². The van der Waals surface area contributed by atoms with Crippen LogP contribution in [0.15, 0.2) is 54.6 Å². The minimum atomic E-state index is -3.58. The normalized spacial score (nSPS) is 11.0. The molecule has 0 spiro atoms. The summed E-state index contributed by atoms with van der Waals surface area (Å²) in [5, 5.41) is 2.70. The molecule has 0 fully saturated rings. The fourth-order valence-electron chi connectivity index (χ4n) is 2.22. The van der Waals surface area contributed by atoms with Crippen molar-refractivity contribution in [2.75, 3.05) is 29.0 Å². The lowest BCUT2D eigenvalue weighted by Crippen LogP contribution is -2.30. The molecule has 1 N–H and O–H groups in total. The minimum Gasteiger partial charge on any atom is -0.492 e. The molecule has 1 amide bonds. The van der Waals surface area contributed by atoms with Gasteiger partial charge >= 0.3 is 0 Å². The van der Waals surface area contributed by atoms with Crippen LogP contribution in [0.4, 0.5) is 11.4 Å². The second-order valence-corrected chi connectivity index (χ2v) is 7.47. The van der Waals surface area contributed by atoms with Crippen LogP contribution in [0.2, 0.25) is 0 Å². The lowest BCUT2D eigenvalue weighted by atomic mass is 10.3. The lowest BCUT2D eigenvalue weighted by molar-refractivity contribution is -0.115. The molecule has 134 valence electrons. The molecule has 6 nitrogen and oxygen atoms in total. The molecule has 0 atom stereocenters. The molecule has 0 unspecified atom stereocenters. The maximum absolute atomic E-state index is 12.4. The first-order valence-corrected chi connectivity index (χ1v) is 9.58. The summed E-state index contributed by atoms with van der Waals surface area (Å²) >= 11 is 0. The van der Waals surface area contributed by atoms with E-state index in [0.29, 0.717) is 23.7 Å². The molecule has 0 bridgehead atoms. The summed E-state index contributed by atoms with van der Waals surface area (Å²) in [4.78, 5) is 12.1. The number of anilines is 2. The highest BCUT2D eigenvalue weighted by molar-refractivity contribution is 7.92. The minimum absolute atomic E-state index is 0.139. The van der Waals surface area contributed by atoms with Gasteiger partial charge in [-0.3, -0.25) is 9.10 Å². The predicted molar refractivity (Wildman–Crippen MR) is 99.5 cm³/mol. The van der Waals surface area contributed by atoms with Crippen molar-refractivity contribution < 1.29 is 17.9 Å². The molecule has 0 aliphatic carbocycles. The van der Waals surface area contributed by atoms with E-state index < -0.39 is 10.0 Å². The first-order chi connectivity index (χ1) is 11.9. The maximum atomic E-state index is 12.4. The molecule has 0 aliphatic heterocycles. The Kier molecular flexibility index (Phi) is 6.41. The number of sulfonamides is 1. The largest absolute Gasteiger partial charge is 0.492 e. The molecule has 0 aromatic heterocycles. The Morgan fingerprint density at radius 3 is 2.40 bits per heavy atom. The highest BCUT2D eigenvalue weighted by atomic mass is 32.2. The predicted octanol–water partition coefficient (Wildman–Crippen LogP) is 2.88. The van der Waals surface area contributed by atoms with Crippen LogP contribution in [0, 0.1) is 0 Å². The van der Waals surface area contributed by atoms with Crippen LogP contribution in [0.25, 0.3) is 0 Å². The number of ether oxygens (including phenoxy) is 1. The first-order valence-electron chi connectivity index (χ1n) is 7.97. The molecule has 0 saturated heterocycles. The number of benzene rings is 2. The van der Waals surface area contributed by atoms with Gasteiger partial charge in [0.25, 0.3) is 0 Å². The van der Waals surface area contributed by atoms with Crippen molar-refractivity contribution >= 4 is 27.3 Å². The van der Waals surface area contributed by atoms with Gasteiger partial charge < -0.3 is 10.1 Å². The van der Waals surface area contributed by atoms with Gasteiger partial charge in [-0.1, -0.05) is 30.3 Å². The molecule has 0 aliphatic rings. The summed E-state index contributed by atoms with van der Waals surface area (Å²) in [6, 6.07) is 15.8. The van der Waals surface area contributed by atoms with Gasteiger partial charge in [-0.15, -0.1) is 0 Å². The second-order valence-electron chi connectivity index (χ2n) is 5.35. The van der Waals surface area contributed by atoms with E-state index >= 15 is 0 Å². The Bertz CT molecular complexity index is 807. The van der Waals surface area contributed by atoms with E-state index in [1.807, 2.05) is 13.0 Å². The van der Waals surface area contributed by atoms with Crippen LogP contribution >= 0.6 is 0 Å². The summed E-state index contributed by atoms with van der Waals surface area (Å²) in [6.45, 7) is 2.33. The van der Waals surface area contributed by atoms with Crippen LogP contribution in [-0.2, 0) is 14.8 Å². The monoisotopic (exact) mass is 362 g/mol. The SMILES string of the molecule is CCOc1ccccc1NC(=O)CCS(=O)(=O)N(C)c1ccccc1. The van der Waals surface area contributed by atoms with Gasteiger partial charge in [0.2, 0.25) is 15.9 Å². The van der Waals surface area contributed by atoms with Crippen molar-refractivity contribution in [3.63, 3.8) is 0 Å². The molecule has 0 heterocycles. The zero-order valence-corrected chi connectivity index (χ0v) is 15.1. The van der Waals surface area contributed by atoms with Gasteiger partial charge in [0.05, 0.1) is 23.7 Å². The number of nitrogens with zero attached hydrogens (tertiary/aromatic N) is 1. The molecule has 2 aromatic carbocycles. The van der Waals surface area contributed by atoms with Crippen molar-refractivity contribution in [2.45, 2.75) is 13.3 Å². The Hall–Kier alpha value is -2.54. The summed E-state index contributed by atoms with van der Waals surface area (Å²) in [7, 11) is -2.10. The van der Waals surface area contributed by atoms with E-state index in [9.17, 15) is 13.2 Å². The number of nitrogens with one attached hydrogen (secondary N) is 1. The summed E-state index contributed by atoms with van der Waals surface area (Å²) in [5.41, 5.74) is 1.09. The molecule has 25 heavy (non-hydrogen) atoms. The second kappa shape index (κ2) is 8.53. The number of carbonyl (C=O) groups excluding carboxylic acids is 1. The lowest BCUT2D eigenvalue weighted by Gasteiger charge is -2.19. The smallest absolute Gasteiger partial charge is 0.235 e. The Labute approximate surface area is 148 Å². The number of para-hydroxylation sites is 3. The molecule has 7 heteroatoms. The standard InChI is InChI=1S/C18H22N2O4S/c1-3-24-17-12-8-7-11-16(17)19-18(21)13-14-25(22,23)20(2)15-9-5-4-6-10-15/h4-12H,3,13-14H2,1-2H3,(H,19,21). The Balaban J connectivity index is 1.97. The van der Waals surface area contributed by atoms with Gasteiger partial charge in [-0.2, -0.15) is 0 Å². The molecular formula is C18H22N2O4S. The van der Waals surface area contributed by atoms with Gasteiger partial charge in [0.15, 0.2) is 0 Å². The number of hydrogen-bond donors (Lipinski definition) is 1. The number of carbonyl (C=O) groups is 1. The van der Waals surface area contributed by atoms with Gasteiger partial charge in [0, 0.05) is 13.5 Å². The van der Waals surface area contributed by atoms with Crippen LogP contribution in [0.1, 0.15) is 13.3 Å². The van der Waals surface area contributed by atoms with Crippen LogP contribution in [0.5, 0.6) is 5.75 Å². The number of amides is 1. The summed E-state index contributed by atoms with van der Waals surface area (Å²) in [6.07, 6.45) is -0.139.